The molecule has 9 heteroatoms. The number of hydrogen-bond acceptors (Lipinski definition) is 5. The maximum atomic E-state index is 13.0. The predicted octanol–water partition coefficient (Wildman–Crippen LogP) is 5.59. The van der Waals surface area contributed by atoms with Crippen molar-refractivity contribution >= 4 is 38.6 Å². The number of thiazole rings is 1. The number of halogens is 1. The maximum Gasteiger partial charge on any atom is 0.263 e. The average molecular weight is 474 g/mol. The van der Waals surface area contributed by atoms with Gasteiger partial charge in [0.2, 0.25) is 0 Å². The van der Waals surface area contributed by atoms with E-state index in [1.807, 2.05) is 41.3 Å². The Morgan fingerprint density at radius 3 is 2.42 bits per heavy atom. The highest BCUT2D eigenvalue weighted by molar-refractivity contribution is 7.92. The van der Waals surface area contributed by atoms with E-state index in [9.17, 15) is 8.42 Å². The van der Waals surface area contributed by atoms with Crippen molar-refractivity contribution in [3.05, 3.63) is 70.7 Å². The van der Waals surface area contributed by atoms with Crippen molar-refractivity contribution in [1.82, 2.24) is 9.55 Å². The number of nitrogens with zero attached hydrogens (tertiary/aromatic N) is 2. The number of hydrogen-bond donors (Lipinski definition) is 1. The van der Waals surface area contributed by atoms with Gasteiger partial charge in [-0.1, -0.05) is 23.7 Å². The molecule has 0 amide bonds. The van der Waals surface area contributed by atoms with E-state index >= 15 is 0 Å². The van der Waals surface area contributed by atoms with Gasteiger partial charge in [0.05, 0.1) is 18.5 Å². The lowest BCUT2D eigenvalue weighted by Crippen LogP contribution is -2.13. The van der Waals surface area contributed by atoms with E-state index in [1.54, 1.807) is 44.4 Å². The number of nitrogens with one attached hydrogen (secondary N) is 1. The van der Waals surface area contributed by atoms with Crippen LogP contribution in [0.15, 0.2) is 64.9 Å². The zero-order valence-electron chi connectivity index (χ0n) is 17.1. The molecule has 4 rings (SSSR count). The van der Waals surface area contributed by atoms with Gasteiger partial charge in [-0.15, -0.1) is 11.3 Å². The SMILES string of the molecule is COc1ccc(NS(=O)(=O)c2cc(-c3nc(-c4ccc(Cl)cc4)cs3)n(C)c2C)cc1. The largest absolute Gasteiger partial charge is 0.497 e. The molecule has 0 radical (unpaired) electrons. The van der Waals surface area contributed by atoms with Gasteiger partial charge in [0, 0.05) is 34.4 Å². The van der Waals surface area contributed by atoms with Crippen LogP contribution in [0.2, 0.25) is 5.02 Å². The number of sulfonamides is 1. The Bertz CT molecular complexity index is 1330. The molecule has 4 aromatic rings. The Kier molecular flexibility index (Phi) is 5.79. The van der Waals surface area contributed by atoms with Crippen LogP contribution in [0, 0.1) is 6.92 Å². The molecule has 0 saturated carbocycles. The summed E-state index contributed by atoms with van der Waals surface area (Å²) >= 11 is 7.43. The molecule has 2 aromatic heterocycles. The normalized spacial score (nSPS) is 11.5. The van der Waals surface area contributed by atoms with Gasteiger partial charge in [0.15, 0.2) is 0 Å². The Morgan fingerprint density at radius 1 is 1.10 bits per heavy atom. The number of aromatic nitrogens is 2. The third kappa shape index (κ3) is 4.32. The predicted molar refractivity (Wildman–Crippen MR) is 126 cm³/mol. The van der Waals surface area contributed by atoms with Crippen LogP contribution >= 0.6 is 22.9 Å². The molecule has 31 heavy (non-hydrogen) atoms. The molecule has 0 fully saturated rings. The smallest absolute Gasteiger partial charge is 0.263 e. The van der Waals surface area contributed by atoms with Crippen molar-refractivity contribution in [2.45, 2.75) is 11.8 Å². The standard InChI is InChI=1S/C22H20ClN3O3S2/c1-14-21(31(27,28)25-17-8-10-18(29-3)11-9-17)12-20(26(14)2)22-24-19(13-30-22)15-4-6-16(23)7-5-15/h4-13,25H,1-3H3. The molecular formula is C22H20ClN3O3S2. The molecule has 0 atom stereocenters. The first-order valence-corrected chi connectivity index (χ1v) is 12.1. The summed E-state index contributed by atoms with van der Waals surface area (Å²) in [4.78, 5) is 4.92. The Balaban J connectivity index is 1.65. The van der Waals surface area contributed by atoms with Gasteiger partial charge in [0.1, 0.15) is 15.7 Å². The molecule has 0 aliphatic rings. The molecular weight excluding hydrogens is 454 g/mol. The first-order valence-electron chi connectivity index (χ1n) is 9.33. The average Bonchev–Trinajstić information content (AvgIpc) is 3.35. The van der Waals surface area contributed by atoms with Crippen LogP contribution in [0.3, 0.4) is 0 Å². The van der Waals surface area contributed by atoms with Crippen molar-refractivity contribution in [3.63, 3.8) is 0 Å². The molecule has 160 valence electrons. The van der Waals surface area contributed by atoms with E-state index in [1.165, 1.54) is 11.3 Å². The van der Waals surface area contributed by atoms with E-state index in [0.717, 1.165) is 22.0 Å². The van der Waals surface area contributed by atoms with Crippen LogP contribution in [0.1, 0.15) is 5.69 Å². The summed E-state index contributed by atoms with van der Waals surface area (Å²) in [5.41, 5.74) is 3.59. The molecule has 2 heterocycles. The van der Waals surface area contributed by atoms with Gasteiger partial charge in [0.25, 0.3) is 10.0 Å². The second-order valence-corrected chi connectivity index (χ2v) is 9.86. The van der Waals surface area contributed by atoms with E-state index in [4.69, 9.17) is 21.3 Å². The van der Waals surface area contributed by atoms with Crippen molar-refractivity contribution in [1.29, 1.82) is 0 Å². The highest BCUT2D eigenvalue weighted by atomic mass is 35.5. The molecule has 2 aromatic carbocycles. The summed E-state index contributed by atoms with van der Waals surface area (Å²) in [6.07, 6.45) is 0. The summed E-state index contributed by atoms with van der Waals surface area (Å²) < 4.78 is 35.7. The van der Waals surface area contributed by atoms with Crippen LogP contribution in [-0.4, -0.2) is 25.1 Å². The monoisotopic (exact) mass is 473 g/mol. The number of rotatable bonds is 6. The first-order chi connectivity index (χ1) is 14.8. The molecule has 0 bridgehead atoms. The van der Waals surface area contributed by atoms with E-state index in [2.05, 4.69) is 4.72 Å². The lowest BCUT2D eigenvalue weighted by atomic mass is 10.2. The van der Waals surface area contributed by atoms with Gasteiger partial charge in [-0.2, -0.15) is 0 Å². The first kappa shape index (κ1) is 21.4. The number of ether oxygens (including phenoxy) is 1. The van der Waals surface area contributed by atoms with Crippen molar-refractivity contribution in [3.8, 4) is 27.7 Å². The lowest BCUT2D eigenvalue weighted by Gasteiger charge is -2.09. The van der Waals surface area contributed by atoms with E-state index < -0.39 is 10.0 Å². The quantitative estimate of drug-likeness (QED) is 0.396. The van der Waals surface area contributed by atoms with E-state index in [-0.39, 0.29) is 4.90 Å². The fourth-order valence-corrected chi connectivity index (χ4v) is 5.52. The maximum absolute atomic E-state index is 13.0. The summed E-state index contributed by atoms with van der Waals surface area (Å²) in [6, 6.07) is 15.8. The van der Waals surface area contributed by atoms with Gasteiger partial charge < -0.3 is 9.30 Å². The summed E-state index contributed by atoms with van der Waals surface area (Å²) in [5, 5.41) is 3.35. The van der Waals surface area contributed by atoms with Crippen LogP contribution in [0.5, 0.6) is 5.75 Å². The molecule has 0 aliphatic carbocycles. The summed E-state index contributed by atoms with van der Waals surface area (Å²) in [6.45, 7) is 1.78. The molecule has 1 N–H and O–H groups in total. The number of benzene rings is 2. The second-order valence-electron chi connectivity index (χ2n) is 6.92. The van der Waals surface area contributed by atoms with Crippen LogP contribution < -0.4 is 9.46 Å². The Labute approximate surface area is 190 Å². The molecule has 6 nitrogen and oxygen atoms in total. The topological polar surface area (TPSA) is 73.2 Å². The fourth-order valence-electron chi connectivity index (χ4n) is 3.16. The molecule has 0 saturated heterocycles. The van der Waals surface area contributed by atoms with Gasteiger partial charge in [-0.05, 0) is 49.4 Å². The minimum atomic E-state index is -3.77. The van der Waals surface area contributed by atoms with Crippen molar-refractivity contribution < 1.29 is 13.2 Å². The molecule has 0 unspecified atom stereocenters. The highest BCUT2D eigenvalue weighted by Crippen LogP contribution is 2.33. The molecule has 0 spiro atoms. The third-order valence-corrected chi connectivity index (χ3v) is 7.60. The summed E-state index contributed by atoms with van der Waals surface area (Å²) in [7, 11) is -0.379. The summed E-state index contributed by atoms with van der Waals surface area (Å²) in [5.74, 6) is 0.654. The van der Waals surface area contributed by atoms with Gasteiger partial charge in [-0.25, -0.2) is 13.4 Å². The van der Waals surface area contributed by atoms with Crippen LogP contribution in [0.25, 0.3) is 22.0 Å². The number of anilines is 1. The Hall–Kier alpha value is -2.81. The third-order valence-electron chi connectivity index (χ3n) is 4.98. The zero-order valence-corrected chi connectivity index (χ0v) is 19.5. The van der Waals surface area contributed by atoms with Gasteiger partial charge in [-0.3, -0.25) is 4.72 Å². The van der Waals surface area contributed by atoms with E-state index in [0.29, 0.717) is 22.2 Å². The van der Waals surface area contributed by atoms with Gasteiger partial charge >= 0.3 is 0 Å². The van der Waals surface area contributed by atoms with Crippen molar-refractivity contribution in [2.24, 2.45) is 7.05 Å². The highest BCUT2D eigenvalue weighted by Gasteiger charge is 2.23. The minimum absolute atomic E-state index is 0.212. The van der Waals surface area contributed by atoms with Crippen LogP contribution in [-0.2, 0) is 17.1 Å². The second kappa shape index (κ2) is 8.37. The fraction of sp³-hybridized carbons (Fsp3) is 0.136. The zero-order chi connectivity index (χ0) is 22.2. The molecule has 0 aliphatic heterocycles. The number of methoxy groups -OCH3 is 1. The van der Waals surface area contributed by atoms with Crippen molar-refractivity contribution in [2.75, 3.05) is 11.8 Å². The minimum Gasteiger partial charge on any atom is -0.497 e. The Morgan fingerprint density at radius 2 is 1.77 bits per heavy atom. The van der Waals surface area contributed by atoms with Crippen LogP contribution in [0.4, 0.5) is 5.69 Å². The lowest BCUT2D eigenvalue weighted by molar-refractivity contribution is 0.415.